The van der Waals surface area contributed by atoms with Gasteiger partial charge in [0.2, 0.25) is 10.0 Å². The number of ether oxygens (including phenoxy) is 1. The van der Waals surface area contributed by atoms with Gasteiger partial charge in [0, 0.05) is 37.7 Å². The first-order chi connectivity index (χ1) is 11.9. The molecule has 2 heterocycles. The highest BCUT2D eigenvalue weighted by Gasteiger charge is 2.36. The minimum absolute atomic E-state index is 0. The Hall–Kier alpha value is -0.900. The van der Waals surface area contributed by atoms with Crippen LogP contribution in [0.5, 0.6) is 0 Å². The van der Waals surface area contributed by atoms with Crippen LogP contribution in [0.2, 0.25) is 5.02 Å². The number of halogens is 2. The van der Waals surface area contributed by atoms with E-state index >= 15 is 0 Å². The summed E-state index contributed by atoms with van der Waals surface area (Å²) in [6, 6.07) is 6.10. The lowest BCUT2D eigenvalue weighted by Crippen LogP contribution is -2.52. The molecular formula is C16H23Cl2N3O4S. The number of carbonyl (C=O) groups excluding carboxylic acids is 1. The number of carbonyl (C=O) groups is 1. The van der Waals surface area contributed by atoms with Crippen LogP contribution >= 0.6 is 24.0 Å². The van der Waals surface area contributed by atoms with E-state index in [1.807, 2.05) is 0 Å². The lowest BCUT2D eigenvalue weighted by atomic mass is 10.1. The zero-order valence-electron chi connectivity index (χ0n) is 14.2. The standard InChI is InChI=1S/C16H22ClN3O4S.ClH/c17-12-1-4-14(5-2-12)25(22,23)20-9-7-19(8-10-20)16(21)15-6-3-13(11-18)24-15;/h1-2,4-5,13,15H,3,6-11,18H2;1H/t13-,15+;/m1./s1. The van der Waals surface area contributed by atoms with Crippen LogP contribution in [0.1, 0.15) is 12.8 Å². The molecule has 3 rings (SSSR count). The molecule has 7 nitrogen and oxygen atoms in total. The molecule has 146 valence electrons. The van der Waals surface area contributed by atoms with Gasteiger partial charge in [0.05, 0.1) is 11.0 Å². The predicted octanol–water partition coefficient (Wildman–Crippen LogP) is 1.10. The van der Waals surface area contributed by atoms with Crippen LogP contribution in [0.4, 0.5) is 0 Å². The van der Waals surface area contributed by atoms with E-state index in [9.17, 15) is 13.2 Å². The van der Waals surface area contributed by atoms with Crippen LogP contribution in [-0.2, 0) is 19.6 Å². The fourth-order valence-corrected chi connectivity index (χ4v) is 4.72. The van der Waals surface area contributed by atoms with Gasteiger partial charge in [-0.3, -0.25) is 4.79 Å². The zero-order chi connectivity index (χ0) is 18.0. The van der Waals surface area contributed by atoms with Gasteiger partial charge in [-0.25, -0.2) is 8.42 Å². The molecule has 2 fully saturated rings. The molecule has 1 aromatic rings. The van der Waals surface area contributed by atoms with Gasteiger partial charge in [-0.2, -0.15) is 4.31 Å². The fraction of sp³-hybridized carbons (Fsp3) is 0.562. The second-order valence-electron chi connectivity index (χ2n) is 6.24. The minimum atomic E-state index is -3.57. The van der Waals surface area contributed by atoms with Gasteiger partial charge in [0.15, 0.2) is 0 Å². The van der Waals surface area contributed by atoms with Crippen molar-refractivity contribution in [2.45, 2.75) is 29.9 Å². The molecule has 0 radical (unpaired) electrons. The highest BCUT2D eigenvalue weighted by Crippen LogP contribution is 2.23. The number of hydrogen-bond donors (Lipinski definition) is 1. The Morgan fingerprint density at radius 2 is 1.77 bits per heavy atom. The van der Waals surface area contributed by atoms with E-state index in [0.29, 0.717) is 31.1 Å². The third-order valence-corrected chi connectivity index (χ3v) is 6.81. The average Bonchev–Trinajstić information content (AvgIpc) is 3.11. The SMILES string of the molecule is Cl.NC[C@H]1CC[C@@H](C(=O)N2CCN(S(=O)(=O)c3ccc(Cl)cc3)CC2)O1. The second-order valence-corrected chi connectivity index (χ2v) is 8.62. The summed E-state index contributed by atoms with van der Waals surface area (Å²) in [5.41, 5.74) is 5.57. The van der Waals surface area contributed by atoms with E-state index in [1.54, 1.807) is 17.0 Å². The van der Waals surface area contributed by atoms with Gasteiger partial charge in [0.25, 0.3) is 5.91 Å². The number of amides is 1. The van der Waals surface area contributed by atoms with Crippen LogP contribution in [0.3, 0.4) is 0 Å². The molecule has 0 spiro atoms. The third-order valence-electron chi connectivity index (χ3n) is 4.65. The highest BCUT2D eigenvalue weighted by molar-refractivity contribution is 7.89. The molecule has 2 N–H and O–H groups in total. The molecule has 0 unspecified atom stereocenters. The smallest absolute Gasteiger partial charge is 0.251 e. The van der Waals surface area contributed by atoms with Gasteiger partial charge in [-0.1, -0.05) is 11.6 Å². The first-order valence-electron chi connectivity index (χ1n) is 8.32. The first kappa shape index (κ1) is 21.4. The Balaban J connectivity index is 0.00000243. The maximum absolute atomic E-state index is 12.7. The Bertz CT molecular complexity index is 722. The topological polar surface area (TPSA) is 92.9 Å². The normalized spacial score (nSPS) is 24.3. The number of hydrogen-bond acceptors (Lipinski definition) is 5. The van der Waals surface area contributed by atoms with E-state index in [4.69, 9.17) is 22.1 Å². The summed E-state index contributed by atoms with van der Waals surface area (Å²) < 4.78 is 32.3. The van der Waals surface area contributed by atoms with Crippen molar-refractivity contribution in [2.24, 2.45) is 5.73 Å². The predicted molar refractivity (Wildman–Crippen MR) is 101 cm³/mol. The Labute approximate surface area is 164 Å². The van der Waals surface area contributed by atoms with Gasteiger partial charge < -0.3 is 15.4 Å². The summed E-state index contributed by atoms with van der Waals surface area (Å²) in [5.74, 6) is -0.0699. The molecular weight excluding hydrogens is 401 g/mol. The van der Waals surface area contributed by atoms with Crippen molar-refractivity contribution in [3.63, 3.8) is 0 Å². The van der Waals surface area contributed by atoms with Gasteiger partial charge in [-0.15, -0.1) is 12.4 Å². The van der Waals surface area contributed by atoms with Crippen LogP contribution < -0.4 is 5.73 Å². The second kappa shape index (κ2) is 8.86. The summed E-state index contributed by atoms with van der Waals surface area (Å²) in [5, 5.41) is 0.488. The first-order valence-corrected chi connectivity index (χ1v) is 10.1. The molecule has 2 aliphatic rings. The molecule has 2 saturated heterocycles. The number of nitrogens with two attached hydrogens (primary N) is 1. The van der Waals surface area contributed by atoms with Gasteiger partial charge in [-0.05, 0) is 37.1 Å². The van der Waals surface area contributed by atoms with E-state index in [0.717, 1.165) is 6.42 Å². The molecule has 10 heteroatoms. The maximum Gasteiger partial charge on any atom is 0.251 e. The quantitative estimate of drug-likeness (QED) is 0.782. The lowest BCUT2D eigenvalue weighted by molar-refractivity contribution is -0.143. The van der Waals surface area contributed by atoms with Crippen molar-refractivity contribution in [2.75, 3.05) is 32.7 Å². The van der Waals surface area contributed by atoms with Crippen molar-refractivity contribution < 1.29 is 17.9 Å². The van der Waals surface area contributed by atoms with E-state index in [1.165, 1.54) is 16.4 Å². The zero-order valence-corrected chi connectivity index (χ0v) is 16.6. The summed E-state index contributed by atoms with van der Waals surface area (Å²) >= 11 is 5.81. The van der Waals surface area contributed by atoms with E-state index in [-0.39, 0.29) is 42.4 Å². The molecule has 0 saturated carbocycles. The largest absolute Gasteiger partial charge is 0.364 e. The number of piperazine rings is 1. The van der Waals surface area contributed by atoms with Crippen LogP contribution in [0.15, 0.2) is 29.2 Å². The molecule has 1 amide bonds. The van der Waals surface area contributed by atoms with Crippen LogP contribution in [0.25, 0.3) is 0 Å². The monoisotopic (exact) mass is 423 g/mol. The number of sulfonamides is 1. The maximum atomic E-state index is 12.7. The van der Waals surface area contributed by atoms with Gasteiger partial charge in [0.1, 0.15) is 6.10 Å². The summed E-state index contributed by atoms with van der Waals surface area (Å²) in [7, 11) is -3.57. The lowest BCUT2D eigenvalue weighted by Gasteiger charge is -2.35. The molecule has 0 aromatic heterocycles. The summed E-state index contributed by atoms with van der Waals surface area (Å²) in [4.78, 5) is 14.4. The Morgan fingerprint density at radius 3 is 2.31 bits per heavy atom. The number of benzene rings is 1. The van der Waals surface area contributed by atoms with E-state index < -0.39 is 16.1 Å². The number of rotatable bonds is 4. The van der Waals surface area contributed by atoms with E-state index in [2.05, 4.69) is 0 Å². The summed E-state index contributed by atoms with van der Waals surface area (Å²) in [6.45, 7) is 1.67. The molecule has 0 bridgehead atoms. The Kier molecular flexibility index (Phi) is 7.29. The van der Waals surface area contributed by atoms with Crippen LogP contribution in [-0.4, -0.2) is 68.5 Å². The molecule has 0 aliphatic carbocycles. The average molecular weight is 424 g/mol. The van der Waals surface area contributed by atoms with Crippen molar-refractivity contribution in [1.82, 2.24) is 9.21 Å². The van der Waals surface area contributed by atoms with Crippen molar-refractivity contribution >= 4 is 39.9 Å². The number of nitrogens with zero attached hydrogens (tertiary/aromatic N) is 2. The minimum Gasteiger partial charge on any atom is -0.364 e. The molecule has 26 heavy (non-hydrogen) atoms. The molecule has 2 aliphatic heterocycles. The van der Waals surface area contributed by atoms with Crippen LogP contribution in [0, 0.1) is 0 Å². The third kappa shape index (κ3) is 4.49. The van der Waals surface area contributed by atoms with Crippen molar-refractivity contribution in [1.29, 1.82) is 0 Å². The Morgan fingerprint density at radius 1 is 1.15 bits per heavy atom. The van der Waals surface area contributed by atoms with Gasteiger partial charge >= 0.3 is 0 Å². The highest BCUT2D eigenvalue weighted by atomic mass is 35.5. The van der Waals surface area contributed by atoms with Crippen molar-refractivity contribution in [3.8, 4) is 0 Å². The summed E-state index contributed by atoms with van der Waals surface area (Å²) in [6.07, 6.45) is 0.954. The fourth-order valence-electron chi connectivity index (χ4n) is 3.17. The molecule has 1 aromatic carbocycles. The molecule has 2 atom stereocenters. The van der Waals surface area contributed by atoms with Crippen molar-refractivity contribution in [3.05, 3.63) is 29.3 Å².